The van der Waals surface area contributed by atoms with Gasteiger partial charge in [0.25, 0.3) is 17.0 Å². The van der Waals surface area contributed by atoms with E-state index in [4.69, 9.17) is 4.74 Å². The molecule has 2 aliphatic rings. The van der Waals surface area contributed by atoms with Crippen molar-refractivity contribution < 1.29 is 18.3 Å². The fraction of sp³-hybridized carbons (Fsp3) is 0.577. The van der Waals surface area contributed by atoms with Crippen molar-refractivity contribution in [3.63, 3.8) is 0 Å². The van der Waals surface area contributed by atoms with Crippen molar-refractivity contribution in [3.05, 3.63) is 40.7 Å². The van der Waals surface area contributed by atoms with Crippen LogP contribution in [0.15, 0.2) is 24.5 Å². The Bertz CT molecular complexity index is 1210. The van der Waals surface area contributed by atoms with Gasteiger partial charge in [-0.1, -0.05) is 17.4 Å². The van der Waals surface area contributed by atoms with Gasteiger partial charge in [-0.3, -0.25) is 9.69 Å². The molecule has 0 saturated heterocycles. The van der Waals surface area contributed by atoms with Crippen LogP contribution in [0, 0.1) is 5.92 Å². The summed E-state index contributed by atoms with van der Waals surface area (Å²) in [4.78, 5) is 25.3. The number of benzene rings is 1. The van der Waals surface area contributed by atoms with Gasteiger partial charge in [-0.15, -0.1) is 0 Å². The molecule has 2 aromatic heterocycles. The van der Waals surface area contributed by atoms with Crippen LogP contribution in [0.5, 0.6) is 5.19 Å². The molecule has 10 heteroatoms. The van der Waals surface area contributed by atoms with Crippen LogP contribution in [0.25, 0.3) is 11.0 Å². The second kappa shape index (κ2) is 10.4. The number of nitrogens with one attached hydrogen (secondary N) is 1. The molecule has 1 aromatic carbocycles. The molecule has 194 valence electrons. The molecule has 0 radical (unpaired) electrons. The molecule has 5 rings (SSSR count). The van der Waals surface area contributed by atoms with E-state index in [0.717, 1.165) is 86.7 Å². The summed E-state index contributed by atoms with van der Waals surface area (Å²) in [5.74, 6) is -2.24. The van der Waals surface area contributed by atoms with Crippen molar-refractivity contribution in [2.24, 2.45) is 13.0 Å². The summed E-state index contributed by atoms with van der Waals surface area (Å²) in [7, 11) is 1.93. The molecule has 0 unspecified atom stereocenters. The minimum Gasteiger partial charge on any atom is -0.464 e. The number of hydrogen-bond acceptors (Lipinski definition) is 6. The SMILES string of the molecule is Cn1cnc2c(C(=O)NC3CCC(CCN4CCc5sc(OCC(C)(F)F)nc5C4)CC3)cccc21. The van der Waals surface area contributed by atoms with Crippen molar-refractivity contribution in [3.8, 4) is 5.19 Å². The molecule has 0 spiro atoms. The van der Waals surface area contributed by atoms with E-state index in [1.165, 1.54) is 11.3 Å². The highest BCUT2D eigenvalue weighted by Gasteiger charge is 2.27. The van der Waals surface area contributed by atoms with Crippen LogP contribution >= 0.6 is 11.3 Å². The Morgan fingerprint density at radius 3 is 2.86 bits per heavy atom. The first kappa shape index (κ1) is 25.1. The van der Waals surface area contributed by atoms with E-state index in [2.05, 4.69) is 20.2 Å². The lowest BCUT2D eigenvalue weighted by Crippen LogP contribution is -2.38. The highest BCUT2D eigenvalue weighted by Crippen LogP contribution is 2.32. The predicted octanol–water partition coefficient (Wildman–Crippen LogP) is 4.80. The number of nitrogens with zero attached hydrogens (tertiary/aromatic N) is 4. The molecule has 3 heterocycles. The predicted molar refractivity (Wildman–Crippen MR) is 136 cm³/mol. The van der Waals surface area contributed by atoms with Crippen molar-refractivity contribution in [2.45, 2.75) is 64.0 Å². The number of para-hydroxylation sites is 1. The Hall–Kier alpha value is -2.59. The number of hydrogen-bond donors (Lipinski definition) is 1. The van der Waals surface area contributed by atoms with Crippen LogP contribution in [-0.4, -0.2) is 57.0 Å². The van der Waals surface area contributed by atoms with E-state index in [0.29, 0.717) is 16.7 Å². The number of carbonyl (C=O) groups is 1. The molecule has 1 N–H and O–H groups in total. The number of fused-ring (bicyclic) bond motifs is 2. The van der Waals surface area contributed by atoms with Gasteiger partial charge >= 0.3 is 0 Å². The van der Waals surface area contributed by atoms with E-state index >= 15 is 0 Å². The van der Waals surface area contributed by atoms with Gasteiger partial charge in [0.15, 0.2) is 6.61 Å². The summed E-state index contributed by atoms with van der Waals surface area (Å²) in [6, 6.07) is 5.93. The Kier molecular flexibility index (Phi) is 7.25. The first-order valence-corrected chi connectivity index (χ1v) is 13.5. The van der Waals surface area contributed by atoms with E-state index in [1.807, 2.05) is 29.8 Å². The lowest BCUT2D eigenvalue weighted by Gasteiger charge is -2.32. The van der Waals surface area contributed by atoms with Gasteiger partial charge in [-0.2, -0.15) is 0 Å². The van der Waals surface area contributed by atoms with Crippen molar-refractivity contribution in [2.75, 3.05) is 19.7 Å². The smallest absolute Gasteiger partial charge is 0.278 e. The number of halogens is 2. The first-order valence-electron chi connectivity index (χ1n) is 12.7. The number of aryl methyl sites for hydroxylation is 1. The molecular weight excluding hydrogens is 484 g/mol. The number of thiazole rings is 1. The molecule has 0 bridgehead atoms. The summed E-state index contributed by atoms with van der Waals surface area (Å²) >= 11 is 1.40. The Labute approximate surface area is 213 Å². The van der Waals surface area contributed by atoms with Crippen LogP contribution in [0.3, 0.4) is 0 Å². The lowest BCUT2D eigenvalue weighted by atomic mass is 9.84. The van der Waals surface area contributed by atoms with Gasteiger partial charge in [0.05, 0.1) is 23.1 Å². The number of amides is 1. The van der Waals surface area contributed by atoms with Gasteiger partial charge in [-0.25, -0.2) is 18.7 Å². The summed E-state index contributed by atoms with van der Waals surface area (Å²) in [6.45, 7) is 2.94. The quantitative estimate of drug-likeness (QED) is 0.465. The van der Waals surface area contributed by atoms with Crippen LogP contribution in [0.2, 0.25) is 0 Å². The fourth-order valence-corrected chi connectivity index (χ4v) is 6.14. The summed E-state index contributed by atoms with van der Waals surface area (Å²) < 4.78 is 33.3. The molecule has 1 aliphatic carbocycles. The molecule has 0 atom stereocenters. The molecule has 36 heavy (non-hydrogen) atoms. The zero-order valence-corrected chi connectivity index (χ0v) is 21.6. The Balaban J connectivity index is 1.06. The second-order valence-corrected chi connectivity index (χ2v) is 11.3. The van der Waals surface area contributed by atoms with Crippen LogP contribution in [0.1, 0.15) is 60.0 Å². The number of ether oxygens (including phenoxy) is 1. The summed E-state index contributed by atoms with van der Waals surface area (Å²) in [5, 5.41) is 3.58. The van der Waals surface area contributed by atoms with Crippen LogP contribution in [0.4, 0.5) is 8.78 Å². The van der Waals surface area contributed by atoms with Crippen LogP contribution in [-0.2, 0) is 20.0 Å². The number of aromatic nitrogens is 3. The minimum absolute atomic E-state index is 0.0406. The Morgan fingerprint density at radius 1 is 1.28 bits per heavy atom. The van der Waals surface area contributed by atoms with Gasteiger partial charge in [-0.05, 0) is 63.1 Å². The highest BCUT2D eigenvalue weighted by atomic mass is 32.1. The summed E-state index contributed by atoms with van der Waals surface area (Å²) in [5.41, 5.74) is 3.31. The zero-order chi connectivity index (χ0) is 25.3. The number of rotatable bonds is 8. The minimum atomic E-state index is -2.85. The highest BCUT2D eigenvalue weighted by molar-refractivity contribution is 7.13. The Morgan fingerprint density at radius 2 is 2.08 bits per heavy atom. The third kappa shape index (κ3) is 5.86. The molecule has 1 amide bonds. The van der Waals surface area contributed by atoms with Gasteiger partial charge in [0, 0.05) is 38.0 Å². The maximum Gasteiger partial charge on any atom is 0.278 e. The van der Waals surface area contributed by atoms with E-state index < -0.39 is 12.5 Å². The zero-order valence-electron chi connectivity index (χ0n) is 20.8. The molecule has 3 aromatic rings. The number of alkyl halides is 2. The van der Waals surface area contributed by atoms with Gasteiger partial charge in [0.1, 0.15) is 5.52 Å². The van der Waals surface area contributed by atoms with E-state index in [-0.39, 0.29) is 11.9 Å². The molecule has 1 saturated carbocycles. The normalized spacial score (nSPS) is 20.9. The van der Waals surface area contributed by atoms with Gasteiger partial charge < -0.3 is 14.6 Å². The topological polar surface area (TPSA) is 72.3 Å². The van der Waals surface area contributed by atoms with E-state index in [9.17, 15) is 13.6 Å². The lowest BCUT2D eigenvalue weighted by molar-refractivity contribution is -0.0230. The number of imidazole rings is 1. The van der Waals surface area contributed by atoms with E-state index in [1.54, 1.807) is 6.33 Å². The average molecular weight is 518 g/mol. The third-order valence-electron chi connectivity index (χ3n) is 7.27. The average Bonchev–Trinajstić information content (AvgIpc) is 3.44. The number of carbonyl (C=O) groups excluding carboxylic acids is 1. The standard InChI is InChI=1S/C26H33F2N5O2S/c1-26(27,28)15-35-25-31-20-14-33(13-11-22(20)36-25)12-10-17-6-8-18(9-7-17)30-24(34)19-4-3-5-21-23(19)29-16-32(21)2/h3-5,16-18H,6-15H2,1-2H3,(H,30,34). The monoisotopic (exact) mass is 517 g/mol. The first-order chi connectivity index (χ1) is 17.2. The molecular formula is C26H33F2N5O2S. The maximum atomic E-state index is 13.1. The van der Waals surface area contributed by atoms with Crippen molar-refractivity contribution in [1.29, 1.82) is 0 Å². The maximum absolute atomic E-state index is 13.1. The largest absolute Gasteiger partial charge is 0.464 e. The summed E-state index contributed by atoms with van der Waals surface area (Å²) in [6.07, 6.45) is 7.96. The van der Waals surface area contributed by atoms with Crippen molar-refractivity contribution >= 4 is 28.3 Å². The van der Waals surface area contributed by atoms with Gasteiger partial charge in [0.2, 0.25) is 0 Å². The van der Waals surface area contributed by atoms with Crippen molar-refractivity contribution in [1.82, 2.24) is 24.8 Å². The molecule has 7 nitrogen and oxygen atoms in total. The molecule has 1 aliphatic heterocycles. The second-order valence-electron chi connectivity index (χ2n) is 10.2. The molecule has 1 fully saturated rings. The third-order valence-corrected chi connectivity index (χ3v) is 8.34. The fourth-order valence-electron chi connectivity index (χ4n) is 5.24. The van der Waals surface area contributed by atoms with Crippen LogP contribution < -0.4 is 10.1 Å².